The SMILES string of the molecule is Oc1cc[c-]cc1.[Y]. The van der Waals surface area contributed by atoms with Crippen molar-refractivity contribution >= 4 is 0 Å². The van der Waals surface area contributed by atoms with E-state index in [9.17, 15) is 0 Å². The molecule has 0 aromatic heterocycles. The zero-order valence-corrected chi connectivity index (χ0v) is 7.17. The number of benzene rings is 1. The van der Waals surface area contributed by atoms with Crippen LogP contribution >= 0.6 is 0 Å². The van der Waals surface area contributed by atoms with Gasteiger partial charge in [-0.05, 0) is 0 Å². The Balaban J connectivity index is 0.000000490. The molecule has 1 nitrogen and oxygen atoms in total. The van der Waals surface area contributed by atoms with E-state index in [1.165, 1.54) is 0 Å². The quantitative estimate of drug-likeness (QED) is 0.597. The van der Waals surface area contributed by atoms with Crippen LogP contribution in [0.4, 0.5) is 0 Å². The fourth-order valence-electron chi connectivity index (χ4n) is 0.378. The van der Waals surface area contributed by atoms with Gasteiger partial charge >= 0.3 is 0 Å². The van der Waals surface area contributed by atoms with Crippen molar-refractivity contribution in [2.24, 2.45) is 0 Å². The summed E-state index contributed by atoms with van der Waals surface area (Å²) in [5.74, 6) is 0.291. The van der Waals surface area contributed by atoms with Crippen LogP contribution < -0.4 is 0 Å². The van der Waals surface area contributed by atoms with Gasteiger partial charge in [0.15, 0.2) is 0 Å². The predicted octanol–water partition coefficient (Wildman–Crippen LogP) is 1.19. The van der Waals surface area contributed by atoms with Crippen LogP contribution in [-0.4, -0.2) is 5.11 Å². The molecule has 8 heavy (non-hydrogen) atoms. The molecule has 0 atom stereocenters. The van der Waals surface area contributed by atoms with Crippen LogP contribution in [0.25, 0.3) is 0 Å². The first-order valence-electron chi connectivity index (χ1n) is 2.04. The number of phenolic OH excluding ortho intramolecular Hbond substituents is 1. The van der Waals surface area contributed by atoms with Crippen molar-refractivity contribution in [2.45, 2.75) is 0 Å². The normalized spacial score (nSPS) is 7.50. The zero-order valence-electron chi connectivity index (χ0n) is 4.33. The smallest absolute Gasteiger partial charge is 0.00821 e. The van der Waals surface area contributed by atoms with Gasteiger partial charge in [0, 0.05) is 38.5 Å². The molecular formula is C6H5OY-. The van der Waals surface area contributed by atoms with E-state index in [1.807, 2.05) is 0 Å². The van der Waals surface area contributed by atoms with Crippen molar-refractivity contribution in [2.75, 3.05) is 0 Å². The van der Waals surface area contributed by atoms with Crippen molar-refractivity contribution in [3.8, 4) is 5.75 Å². The van der Waals surface area contributed by atoms with Crippen LogP contribution in [0.15, 0.2) is 24.3 Å². The molecule has 1 aromatic rings. The fraction of sp³-hybridized carbons (Fsp3) is 0. The van der Waals surface area contributed by atoms with Crippen LogP contribution in [0.2, 0.25) is 0 Å². The van der Waals surface area contributed by atoms with E-state index in [0.717, 1.165) is 0 Å². The van der Waals surface area contributed by atoms with Gasteiger partial charge in [0.1, 0.15) is 0 Å². The number of aromatic hydroxyl groups is 1. The van der Waals surface area contributed by atoms with E-state index >= 15 is 0 Å². The second kappa shape index (κ2) is 4.05. The minimum absolute atomic E-state index is 0. The molecule has 39 valence electrons. The van der Waals surface area contributed by atoms with Gasteiger partial charge in [-0.1, -0.05) is 0 Å². The van der Waals surface area contributed by atoms with Gasteiger partial charge in [-0.15, -0.1) is 12.1 Å². The van der Waals surface area contributed by atoms with E-state index in [1.54, 1.807) is 24.3 Å². The first-order chi connectivity index (χ1) is 3.39. The molecule has 0 saturated carbocycles. The molecule has 0 saturated heterocycles. The first-order valence-corrected chi connectivity index (χ1v) is 2.04. The number of hydrogen-bond acceptors (Lipinski definition) is 1. The first kappa shape index (κ1) is 8.12. The summed E-state index contributed by atoms with van der Waals surface area (Å²) in [7, 11) is 0. The Labute approximate surface area is 73.6 Å². The molecule has 0 heterocycles. The van der Waals surface area contributed by atoms with Crippen LogP contribution in [0, 0.1) is 6.07 Å². The van der Waals surface area contributed by atoms with Gasteiger partial charge in [0.25, 0.3) is 0 Å². The van der Waals surface area contributed by atoms with E-state index in [0.29, 0.717) is 5.75 Å². The van der Waals surface area contributed by atoms with Gasteiger partial charge in [-0.3, -0.25) is 0 Å². The third kappa shape index (κ3) is 2.44. The summed E-state index contributed by atoms with van der Waals surface area (Å²) in [6.45, 7) is 0. The summed E-state index contributed by atoms with van der Waals surface area (Å²) in [6, 6.07) is 9.26. The molecule has 0 aliphatic heterocycles. The van der Waals surface area contributed by atoms with E-state index in [-0.39, 0.29) is 32.7 Å². The summed E-state index contributed by atoms with van der Waals surface area (Å²) in [4.78, 5) is 0. The van der Waals surface area contributed by atoms with Crippen molar-refractivity contribution < 1.29 is 37.8 Å². The van der Waals surface area contributed by atoms with Crippen LogP contribution in [0.1, 0.15) is 0 Å². The molecule has 1 N–H and O–H groups in total. The minimum Gasteiger partial charge on any atom is -0.533 e. The average Bonchev–Trinajstić information content (AvgIpc) is 1.69. The summed E-state index contributed by atoms with van der Waals surface area (Å²) >= 11 is 0. The summed E-state index contributed by atoms with van der Waals surface area (Å²) in [5.41, 5.74) is 0. The Morgan fingerprint density at radius 2 is 1.75 bits per heavy atom. The third-order valence-corrected chi connectivity index (χ3v) is 0.701. The molecular weight excluding hydrogens is 177 g/mol. The zero-order chi connectivity index (χ0) is 5.11. The van der Waals surface area contributed by atoms with E-state index in [4.69, 9.17) is 5.11 Å². The molecule has 0 spiro atoms. The largest absolute Gasteiger partial charge is 0.533 e. The molecule has 1 aromatic carbocycles. The Morgan fingerprint density at radius 1 is 1.25 bits per heavy atom. The number of hydrogen-bond donors (Lipinski definition) is 1. The molecule has 0 aliphatic carbocycles. The van der Waals surface area contributed by atoms with Crippen molar-refractivity contribution in [3.05, 3.63) is 30.3 Å². The van der Waals surface area contributed by atoms with Gasteiger partial charge in [0.2, 0.25) is 0 Å². The molecule has 2 heteroatoms. The van der Waals surface area contributed by atoms with E-state index < -0.39 is 0 Å². The third-order valence-electron chi connectivity index (χ3n) is 0.701. The minimum atomic E-state index is 0. The molecule has 1 radical (unpaired) electrons. The standard InChI is InChI=1S/C6H5O.Y/c7-6-4-2-1-3-5-6;/h2-5,7H;/q-1;. The second-order valence-corrected chi connectivity index (χ2v) is 1.26. The molecule has 0 amide bonds. The van der Waals surface area contributed by atoms with Gasteiger partial charge in [-0.25, -0.2) is 0 Å². The van der Waals surface area contributed by atoms with E-state index in [2.05, 4.69) is 6.07 Å². The Morgan fingerprint density at radius 3 is 2.00 bits per heavy atom. The maximum atomic E-state index is 8.61. The van der Waals surface area contributed by atoms with Crippen LogP contribution in [0.5, 0.6) is 5.75 Å². The fourth-order valence-corrected chi connectivity index (χ4v) is 0.378. The molecule has 0 aliphatic rings. The Bertz CT molecular complexity index is 138. The average molecular weight is 182 g/mol. The monoisotopic (exact) mass is 182 g/mol. The maximum Gasteiger partial charge on any atom is 0.00821 e. The van der Waals surface area contributed by atoms with Crippen LogP contribution in [-0.2, 0) is 32.7 Å². The second-order valence-electron chi connectivity index (χ2n) is 1.26. The van der Waals surface area contributed by atoms with Crippen molar-refractivity contribution in [1.29, 1.82) is 0 Å². The molecule has 1 rings (SSSR count). The predicted molar refractivity (Wildman–Crippen MR) is 26.9 cm³/mol. The van der Waals surface area contributed by atoms with Gasteiger partial charge < -0.3 is 5.11 Å². The molecule has 0 bridgehead atoms. The number of phenols is 1. The summed E-state index contributed by atoms with van der Waals surface area (Å²) in [6.07, 6.45) is 0. The number of rotatable bonds is 0. The summed E-state index contributed by atoms with van der Waals surface area (Å²) in [5, 5.41) is 8.61. The molecule has 0 unspecified atom stereocenters. The molecule has 0 fully saturated rings. The van der Waals surface area contributed by atoms with Gasteiger partial charge in [0.05, 0.1) is 0 Å². The van der Waals surface area contributed by atoms with Crippen molar-refractivity contribution in [3.63, 3.8) is 0 Å². The van der Waals surface area contributed by atoms with Gasteiger partial charge in [-0.2, -0.15) is 18.2 Å². The summed E-state index contributed by atoms with van der Waals surface area (Å²) < 4.78 is 0. The topological polar surface area (TPSA) is 20.2 Å². The Kier molecular flexibility index (Phi) is 4.11. The van der Waals surface area contributed by atoms with Crippen LogP contribution in [0.3, 0.4) is 0 Å². The Hall–Kier alpha value is 0.124. The van der Waals surface area contributed by atoms with Crippen molar-refractivity contribution in [1.82, 2.24) is 0 Å². The maximum absolute atomic E-state index is 8.61.